The van der Waals surface area contributed by atoms with Gasteiger partial charge in [0.2, 0.25) is 0 Å². The second-order valence-corrected chi connectivity index (χ2v) is 3.23. The van der Waals surface area contributed by atoms with E-state index in [1.54, 1.807) is 0 Å². The maximum Gasteiger partial charge on any atom is 1.00 e. The minimum Gasteiger partial charge on any atom is -0.418 e. The van der Waals surface area contributed by atoms with E-state index in [2.05, 4.69) is 6.92 Å². The Bertz CT molecular complexity index is 409. The third kappa shape index (κ3) is 68.8. The van der Waals surface area contributed by atoms with Gasteiger partial charge in [0.1, 0.15) is 11.6 Å². The largest absolute Gasteiger partial charge is 1.00 e. The number of hydrogen-bond donors (Lipinski definition) is 0. The summed E-state index contributed by atoms with van der Waals surface area (Å²) in [4.78, 5) is 0. The van der Waals surface area contributed by atoms with Crippen LogP contribution in [0.1, 0.15) is 5.56 Å². The van der Waals surface area contributed by atoms with Crippen LogP contribution >= 0.6 is 0 Å². The molecule has 0 fully saturated rings. The number of halogens is 14. The van der Waals surface area contributed by atoms with Gasteiger partial charge in [0, 0.05) is 0 Å². The first-order valence-corrected chi connectivity index (χ1v) is 5.09. The number of benzene rings is 1. The van der Waals surface area contributed by atoms with E-state index >= 15 is 0 Å². The maximum atomic E-state index is 12.2. The van der Waals surface area contributed by atoms with E-state index in [-0.39, 0.29) is 51.4 Å². The van der Waals surface area contributed by atoms with Gasteiger partial charge in [0.25, 0.3) is 0 Å². The fourth-order valence-corrected chi connectivity index (χ4v) is 0.540. The van der Waals surface area contributed by atoms with Gasteiger partial charge in [-0.15, -0.1) is 6.07 Å². The van der Waals surface area contributed by atoms with Crippen molar-refractivity contribution in [2.45, 2.75) is 0 Å². The molecule has 1 rings (SSSR count). The van der Waals surface area contributed by atoms with Crippen LogP contribution in [0.4, 0.5) is 60.6 Å². The van der Waals surface area contributed by atoms with Crippen molar-refractivity contribution < 1.29 is 112 Å². The summed E-state index contributed by atoms with van der Waals surface area (Å²) in [7, 11) is -18.0. The summed E-state index contributed by atoms with van der Waals surface area (Å²) in [6.45, 7) is 3.42. The SMILES string of the molecule is F[B-](F)(F)F.F[B-](F)(F)F.F[B-](F)(F)F.[CH2-]c1ccc(F)c(F)c1.[K+]. The summed E-state index contributed by atoms with van der Waals surface area (Å²) < 4.78 is 141. The Hall–Kier alpha value is -0.0588. The van der Waals surface area contributed by atoms with Gasteiger partial charge in [-0.05, 0) is 0 Å². The molecule has 0 radical (unpaired) electrons. The molecule has 0 aliphatic heterocycles. The van der Waals surface area contributed by atoms with Gasteiger partial charge in [-0.3, -0.25) is 0 Å². The smallest absolute Gasteiger partial charge is 0.418 e. The van der Waals surface area contributed by atoms with Crippen LogP contribution in [0.3, 0.4) is 0 Å². The summed E-state index contributed by atoms with van der Waals surface area (Å²) in [5, 5.41) is 0. The van der Waals surface area contributed by atoms with E-state index in [9.17, 15) is 60.6 Å². The van der Waals surface area contributed by atoms with Crippen LogP contribution in [0.5, 0.6) is 0 Å². The van der Waals surface area contributed by atoms with Crippen molar-refractivity contribution in [2.75, 3.05) is 0 Å². The molecule has 0 N–H and O–H groups in total. The zero-order valence-corrected chi connectivity index (χ0v) is 15.1. The Balaban J connectivity index is -0.000000122. The van der Waals surface area contributed by atoms with E-state index < -0.39 is 33.4 Å². The van der Waals surface area contributed by atoms with E-state index in [4.69, 9.17) is 0 Å². The third-order valence-corrected chi connectivity index (χ3v) is 0.984. The van der Waals surface area contributed by atoms with E-state index in [1.807, 2.05) is 0 Å². The molecule has 25 heavy (non-hydrogen) atoms. The molecule has 0 amide bonds. The quantitative estimate of drug-likeness (QED) is 0.340. The van der Waals surface area contributed by atoms with Crippen molar-refractivity contribution in [3.05, 3.63) is 42.3 Å². The third-order valence-electron chi connectivity index (χ3n) is 0.984. The fourth-order valence-electron chi connectivity index (χ4n) is 0.540. The van der Waals surface area contributed by atoms with Crippen LogP contribution in [-0.2, 0) is 0 Å². The molecule has 0 nitrogen and oxygen atoms in total. The molecule has 0 unspecified atom stereocenters. The molecular weight excluding hydrogens is 422 g/mol. The van der Waals surface area contributed by atoms with Crippen molar-refractivity contribution >= 4 is 21.8 Å². The van der Waals surface area contributed by atoms with E-state index in [1.165, 1.54) is 6.07 Å². The zero-order chi connectivity index (χ0) is 20.4. The normalized spacial score (nSPS) is 10.6. The molecule has 0 aliphatic rings. The first-order chi connectivity index (χ1) is 10.2. The molecular formula is C7H5B3F14K-3. The second kappa shape index (κ2) is 14.1. The first kappa shape index (κ1) is 32.6. The number of rotatable bonds is 0. The number of hydrogen-bond acceptors (Lipinski definition) is 0. The molecule has 0 spiro atoms. The van der Waals surface area contributed by atoms with Crippen molar-refractivity contribution in [1.82, 2.24) is 0 Å². The summed E-state index contributed by atoms with van der Waals surface area (Å²) in [6, 6.07) is 3.52. The van der Waals surface area contributed by atoms with Crippen molar-refractivity contribution in [3.63, 3.8) is 0 Å². The molecule has 0 aromatic heterocycles. The monoisotopic (exact) mass is 427 g/mol. The van der Waals surface area contributed by atoms with Crippen LogP contribution < -0.4 is 51.4 Å². The van der Waals surface area contributed by atoms with Gasteiger partial charge in [-0.2, -0.15) is 18.6 Å². The minimum absolute atomic E-state index is 0. The Morgan fingerprint density at radius 1 is 0.560 bits per heavy atom. The molecule has 1 aromatic rings. The molecule has 0 aliphatic carbocycles. The summed E-state index contributed by atoms with van der Waals surface area (Å²) >= 11 is 0. The Kier molecular flexibility index (Phi) is 18.3. The predicted octanol–water partition coefficient (Wildman–Crippen LogP) is 3.05. The second-order valence-electron chi connectivity index (χ2n) is 3.23. The minimum atomic E-state index is -6.00. The fraction of sp³-hybridized carbons (Fsp3) is 0. The summed E-state index contributed by atoms with van der Waals surface area (Å²) in [6.07, 6.45) is 0. The molecule has 0 saturated carbocycles. The molecule has 18 heteroatoms. The van der Waals surface area contributed by atoms with Gasteiger partial charge < -0.3 is 51.8 Å². The van der Waals surface area contributed by atoms with E-state index in [0.717, 1.165) is 12.1 Å². The molecule has 0 heterocycles. The molecule has 0 atom stereocenters. The van der Waals surface area contributed by atoms with Gasteiger partial charge in [0.15, 0.2) is 0 Å². The van der Waals surface area contributed by atoms with Gasteiger partial charge in [0.05, 0.1) is 0 Å². The molecule has 0 bridgehead atoms. The Morgan fingerprint density at radius 2 is 0.800 bits per heavy atom. The van der Waals surface area contributed by atoms with Crippen LogP contribution in [0.15, 0.2) is 18.2 Å². The zero-order valence-electron chi connectivity index (χ0n) is 12.0. The maximum absolute atomic E-state index is 12.2. The average Bonchev–Trinajstić information content (AvgIpc) is 2.16. The van der Waals surface area contributed by atoms with Crippen LogP contribution in [0.2, 0.25) is 0 Å². The van der Waals surface area contributed by atoms with Crippen molar-refractivity contribution in [2.24, 2.45) is 0 Å². The average molecular weight is 427 g/mol. The Labute approximate surface area is 175 Å². The molecule has 144 valence electrons. The van der Waals surface area contributed by atoms with E-state index in [0.29, 0.717) is 5.56 Å². The molecule has 0 saturated heterocycles. The van der Waals surface area contributed by atoms with Gasteiger partial charge in [-0.1, -0.05) is 6.07 Å². The first-order valence-electron chi connectivity index (χ1n) is 5.09. The summed E-state index contributed by atoms with van der Waals surface area (Å²) in [5.74, 6) is -1.68. The Morgan fingerprint density at radius 3 is 0.960 bits per heavy atom. The predicted molar refractivity (Wildman–Crippen MR) is 61.4 cm³/mol. The van der Waals surface area contributed by atoms with Crippen LogP contribution in [-0.4, -0.2) is 21.8 Å². The summed E-state index contributed by atoms with van der Waals surface area (Å²) in [5.41, 5.74) is 0.480. The topological polar surface area (TPSA) is 0 Å². The van der Waals surface area contributed by atoms with Gasteiger partial charge >= 0.3 is 73.1 Å². The van der Waals surface area contributed by atoms with Gasteiger partial charge in [-0.25, -0.2) is 8.78 Å². The van der Waals surface area contributed by atoms with Crippen molar-refractivity contribution in [3.8, 4) is 0 Å². The van der Waals surface area contributed by atoms with Crippen molar-refractivity contribution in [1.29, 1.82) is 0 Å². The van der Waals surface area contributed by atoms with Crippen LogP contribution in [0, 0.1) is 18.6 Å². The standard InChI is InChI=1S/C7H5F2.3BF4.K/c1-5-2-3-6(8)7(9)4-5;3*2-1(3,4)5;/h2-4H,1H2;;;;/q4*-1;+1. The van der Waals surface area contributed by atoms with Crippen LogP contribution in [0.25, 0.3) is 0 Å². The molecule has 1 aromatic carbocycles.